The lowest BCUT2D eigenvalue weighted by molar-refractivity contribution is 0.0542. The van der Waals surface area contributed by atoms with Crippen molar-refractivity contribution >= 4 is 31.8 Å². The molecular weight excluding hydrogens is 537 g/mol. The smallest absolute Gasteiger partial charge is 0.224 e. The average molecular weight is 566 g/mol. The number of methoxy groups -OCH3 is 1. The van der Waals surface area contributed by atoms with E-state index in [0.29, 0.717) is 59.4 Å². The van der Waals surface area contributed by atoms with Crippen molar-refractivity contribution < 1.29 is 26.8 Å². The van der Waals surface area contributed by atoms with Gasteiger partial charge in [0, 0.05) is 43.0 Å². The maximum Gasteiger partial charge on any atom is 0.224 e. The number of fused-ring (bicyclic) bond motifs is 3. The van der Waals surface area contributed by atoms with Crippen molar-refractivity contribution in [3.05, 3.63) is 59.8 Å². The van der Waals surface area contributed by atoms with E-state index in [1.165, 1.54) is 25.4 Å². The van der Waals surface area contributed by atoms with Gasteiger partial charge in [-0.05, 0) is 50.8 Å². The lowest BCUT2D eigenvalue weighted by Gasteiger charge is -2.32. The molecular formula is C28H28FN5O5S. The summed E-state index contributed by atoms with van der Waals surface area (Å²) < 4.78 is 60.5. The van der Waals surface area contributed by atoms with E-state index in [0.717, 1.165) is 17.4 Å². The van der Waals surface area contributed by atoms with Gasteiger partial charge in [0.05, 0.1) is 47.2 Å². The van der Waals surface area contributed by atoms with Gasteiger partial charge in [-0.15, -0.1) is 0 Å². The lowest BCUT2D eigenvalue weighted by atomic mass is 9.88. The number of hydrogen-bond acceptors (Lipinski definition) is 9. The second kappa shape index (κ2) is 9.93. The molecule has 10 nitrogen and oxygen atoms in total. The number of hydrogen-bond donors (Lipinski definition) is 0. The molecule has 1 aliphatic rings. The van der Waals surface area contributed by atoms with Gasteiger partial charge in [0.15, 0.2) is 9.84 Å². The van der Waals surface area contributed by atoms with E-state index in [9.17, 15) is 8.42 Å². The fourth-order valence-electron chi connectivity index (χ4n) is 5.82. The van der Waals surface area contributed by atoms with Crippen LogP contribution in [0.3, 0.4) is 0 Å². The zero-order valence-corrected chi connectivity index (χ0v) is 23.3. The van der Waals surface area contributed by atoms with E-state index in [2.05, 4.69) is 15.1 Å². The Labute approximate surface area is 230 Å². The molecule has 12 heteroatoms. The highest BCUT2D eigenvalue weighted by molar-refractivity contribution is 7.91. The maximum atomic E-state index is 15.6. The van der Waals surface area contributed by atoms with Gasteiger partial charge in [-0.2, -0.15) is 0 Å². The van der Waals surface area contributed by atoms with E-state index >= 15 is 4.39 Å². The molecule has 1 saturated heterocycles. The third kappa shape index (κ3) is 4.22. The van der Waals surface area contributed by atoms with Crippen molar-refractivity contribution in [2.24, 2.45) is 5.92 Å². The number of ether oxygens (including phenoxy) is 2. The van der Waals surface area contributed by atoms with Gasteiger partial charge in [-0.3, -0.25) is 9.97 Å². The summed E-state index contributed by atoms with van der Waals surface area (Å²) in [7, 11) is -2.31. The minimum Gasteiger partial charge on any atom is -0.480 e. The average Bonchev–Trinajstić information content (AvgIpc) is 3.45. The van der Waals surface area contributed by atoms with Crippen LogP contribution in [0.1, 0.15) is 36.0 Å². The molecule has 208 valence electrons. The van der Waals surface area contributed by atoms with E-state index < -0.39 is 21.7 Å². The first-order valence-corrected chi connectivity index (χ1v) is 14.8. The molecule has 0 radical (unpaired) electrons. The summed E-state index contributed by atoms with van der Waals surface area (Å²) >= 11 is 0. The van der Waals surface area contributed by atoms with Gasteiger partial charge in [0.25, 0.3) is 0 Å². The first-order chi connectivity index (χ1) is 19.2. The van der Waals surface area contributed by atoms with Crippen LogP contribution in [0.4, 0.5) is 4.39 Å². The SMILES string of the molecule is COc1ncc(S(C)(=O)=O)c2c1c1ncc(-c3c(C)noc3C)cc1n2C(c1ncccc1F)C1CCOCC1. The van der Waals surface area contributed by atoms with Crippen LogP contribution in [0.25, 0.3) is 33.1 Å². The predicted octanol–water partition coefficient (Wildman–Crippen LogP) is 4.82. The van der Waals surface area contributed by atoms with Crippen LogP contribution in [0.15, 0.2) is 46.2 Å². The summed E-state index contributed by atoms with van der Waals surface area (Å²) in [5, 5.41) is 4.52. The van der Waals surface area contributed by atoms with Crippen LogP contribution in [-0.2, 0) is 14.6 Å². The Kier molecular flexibility index (Phi) is 6.54. The van der Waals surface area contributed by atoms with Crippen LogP contribution in [0.2, 0.25) is 0 Å². The molecule has 5 aromatic rings. The number of aryl methyl sites for hydroxylation is 2. The van der Waals surface area contributed by atoms with Gasteiger partial charge in [0.2, 0.25) is 5.88 Å². The van der Waals surface area contributed by atoms with Crippen molar-refractivity contribution in [3.63, 3.8) is 0 Å². The predicted molar refractivity (Wildman–Crippen MR) is 146 cm³/mol. The van der Waals surface area contributed by atoms with E-state index in [1.54, 1.807) is 12.4 Å². The molecule has 0 bridgehead atoms. The summed E-state index contributed by atoms with van der Waals surface area (Å²) in [4.78, 5) is 13.6. The summed E-state index contributed by atoms with van der Waals surface area (Å²) in [5.41, 5.74) is 3.83. The fourth-order valence-corrected chi connectivity index (χ4v) is 6.62. The van der Waals surface area contributed by atoms with Crippen LogP contribution in [0, 0.1) is 25.6 Å². The van der Waals surface area contributed by atoms with Crippen molar-refractivity contribution in [1.82, 2.24) is 24.7 Å². The highest BCUT2D eigenvalue weighted by atomic mass is 32.2. The molecule has 40 heavy (non-hydrogen) atoms. The quantitative estimate of drug-likeness (QED) is 0.285. The summed E-state index contributed by atoms with van der Waals surface area (Å²) in [5.74, 6) is 0.252. The van der Waals surface area contributed by atoms with Crippen molar-refractivity contribution in [2.75, 3.05) is 26.6 Å². The minimum absolute atomic E-state index is 0.00594. The highest BCUT2D eigenvalue weighted by Crippen LogP contribution is 2.45. The van der Waals surface area contributed by atoms with E-state index in [1.807, 2.05) is 24.5 Å². The van der Waals surface area contributed by atoms with E-state index in [4.69, 9.17) is 19.0 Å². The molecule has 0 saturated carbocycles. The number of halogens is 1. The normalized spacial score (nSPS) is 15.6. The zero-order valence-electron chi connectivity index (χ0n) is 22.5. The summed E-state index contributed by atoms with van der Waals surface area (Å²) in [6, 6.07) is 4.15. The first kappa shape index (κ1) is 26.3. The monoisotopic (exact) mass is 565 g/mol. The topological polar surface area (TPSA) is 122 Å². The molecule has 0 spiro atoms. The van der Waals surface area contributed by atoms with Crippen molar-refractivity contribution in [1.29, 1.82) is 0 Å². The van der Waals surface area contributed by atoms with Gasteiger partial charge < -0.3 is 18.6 Å². The first-order valence-electron chi connectivity index (χ1n) is 12.9. The molecule has 0 N–H and O–H groups in total. The zero-order chi connectivity index (χ0) is 28.2. The molecule has 1 unspecified atom stereocenters. The van der Waals surface area contributed by atoms with Crippen molar-refractivity contribution in [3.8, 4) is 17.0 Å². The Hall–Kier alpha value is -3.90. The van der Waals surface area contributed by atoms with Gasteiger partial charge in [0.1, 0.15) is 22.0 Å². The second-order valence-electron chi connectivity index (χ2n) is 10.1. The molecule has 6 rings (SSSR count). The molecule has 1 atom stereocenters. The highest BCUT2D eigenvalue weighted by Gasteiger charge is 2.35. The van der Waals surface area contributed by atoms with Crippen LogP contribution in [-0.4, -0.2) is 59.7 Å². The number of rotatable bonds is 6. The van der Waals surface area contributed by atoms with Crippen LogP contribution < -0.4 is 4.74 Å². The Balaban J connectivity index is 1.81. The Bertz CT molecular complexity index is 1840. The molecule has 6 heterocycles. The minimum atomic E-state index is -3.78. The standard InChI is InChI=1S/C28H28FN5O5S/c1-15-22(16(2)39-33-15)18-12-20-25(31-13-18)23-27(21(40(4,35)36)14-32-28(23)37-3)34(20)26(17-7-10-38-11-8-17)24-19(29)6-5-9-30-24/h5-6,9,12-14,17,26H,7-8,10-11H2,1-4H3. The lowest BCUT2D eigenvalue weighted by Crippen LogP contribution is -2.28. The maximum absolute atomic E-state index is 15.6. The number of nitrogens with zero attached hydrogens (tertiary/aromatic N) is 5. The summed E-state index contributed by atoms with van der Waals surface area (Å²) in [6.07, 6.45) is 6.93. The molecule has 1 aliphatic heterocycles. The molecule has 1 fully saturated rings. The van der Waals surface area contributed by atoms with Gasteiger partial charge >= 0.3 is 0 Å². The fraction of sp³-hybridized carbons (Fsp3) is 0.357. The third-order valence-corrected chi connectivity index (χ3v) is 8.66. The van der Waals surface area contributed by atoms with Crippen LogP contribution in [0.5, 0.6) is 5.88 Å². The largest absolute Gasteiger partial charge is 0.480 e. The number of pyridine rings is 3. The molecule has 0 amide bonds. The molecule has 5 aromatic heterocycles. The third-order valence-electron chi connectivity index (χ3n) is 7.56. The Morgan fingerprint density at radius 2 is 1.93 bits per heavy atom. The van der Waals surface area contributed by atoms with Crippen LogP contribution >= 0.6 is 0 Å². The Morgan fingerprint density at radius 1 is 1.15 bits per heavy atom. The Morgan fingerprint density at radius 3 is 2.58 bits per heavy atom. The molecule has 0 aromatic carbocycles. The summed E-state index contributed by atoms with van der Waals surface area (Å²) in [6.45, 7) is 4.66. The second-order valence-corrected chi connectivity index (χ2v) is 12.0. The van der Waals surface area contributed by atoms with E-state index in [-0.39, 0.29) is 22.4 Å². The van der Waals surface area contributed by atoms with Crippen molar-refractivity contribution in [2.45, 2.75) is 37.6 Å². The van der Waals surface area contributed by atoms with Gasteiger partial charge in [-0.1, -0.05) is 5.16 Å². The molecule has 0 aliphatic carbocycles. The van der Waals surface area contributed by atoms with Gasteiger partial charge in [-0.25, -0.2) is 17.8 Å². The number of aromatic nitrogens is 5. The number of sulfone groups is 1.